The standard InChI is InChI=1S/C27H30ClN3O8S2/c1-37-24-12-6-19(28)16-23(24)31(41(35,36)22-11-13-25(38-2)26(17-22)39-3)18-27(32)29-20-7-9-21(10-8-20)40(33,34)30-14-4-5-15-30/h6-13,16-17H,4-5,14-15,18H2,1-3H3,(H,29,32). The van der Waals surface area contributed by atoms with Crippen LogP contribution in [0.3, 0.4) is 0 Å². The third kappa shape index (κ3) is 6.53. The molecule has 3 aromatic rings. The molecule has 1 fully saturated rings. The van der Waals surface area contributed by atoms with Gasteiger partial charge in [-0.2, -0.15) is 4.31 Å². The molecule has 1 N–H and O–H groups in total. The van der Waals surface area contributed by atoms with Crippen molar-refractivity contribution in [1.29, 1.82) is 0 Å². The number of benzene rings is 3. The number of methoxy groups -OCH3 is 3. The summed E-state index contributed by atoms with van der Waals surface area (Å²) in [6.45, 7) is 0.289. The van der Waals surface area contributed by atoms with E-state index in [-0.39, 0.29) is 37.7 Å². The van der Waals surface area contributed by atoms with Gasteiger partial charge < -0.3 is 19.5 Å². The lowest BCUT2D eigenvalue weighted by atomic mass is 10.3. The van der Waals surface area contributed by atoms with Crippen molar-refractivity contribution in [3.63, 3.8) is 0 Å². The first-order chi connectivity index (χ1) is 19.5. The van der Waals surface area contributed by atoms with E-state index < -0.39 is 32.5 Å². The SMILES string of the molecule is COc1ccc(S(=O)(=O)N(CC(=O)Nc2ccc(S(=O)(=O)N3CCCC3)cc2)c2cc(Cl)ccc2OC)cc1OC. The molecular weight excluding hydrogens is 594 g/mol. The van der Waals surface area contributed by atoms with E-state index in [4.69, 9.17) is 25.8 Å². The van der Waals surface area contributed by atoms with E-state index in [0.29, 0.717) is 18.8 Å². The summed E-state index contributed by atoms with van der Waals surface area (Å²) in [5.41, 5.74) is 0.328. The number of carbonyl (C=O) groups excluding carboxylic acids is 1. The van der Waals surface area contributed by atoms with Gasteiger partial charge in [0.1, 0.15) is 12.3 Å². The number of nitrogens with zero attached hydrogens (tertiary/aromatic N) is 2. The number of anilines is 2. The fourth-order valence-electron chi connectivity index (χ4n) is 4.38. The second-order valence-corrected chi connectivity index (χ2v) is 13.3. The van der Waals surface area contributed by atoms with E-state index >= 15 is 0 Å². The Labute approximate surface area is 244 Å². The highest BCUT2D eigenvalue weighted by Gasteiger charge is 2.31. The second-order valence-electron chi connectivity index (χ2n) is 9.03. The normalized spacial score (nSPS) is 14.0. The Bertz CT molecular complexity index is 1620. The van der Waals surface area contributed by atoms with Crippen LogP contribution in [-0.2, 0) is 24.8 Å². The van der Waals surface area contributed by atoms with Gasteiger partial charge in [-0.05, 0) is 67.4 Å². The summed E-state index contributed by atoms with van der Waals surface area (Å²) in [7, 11) is -3.83. The van der Waals surface area contributed by atoms with Crippen LogP contribution < -0.4 is 23.8 Å². The smallest absolute Gasteiger partial charge is 0.265 e. The molecule has 1 saturated heterocycles. The number of nitrogens with one attached hydrogen (secondary N) is 1. The summed E-state index contributed by atoms with van der Waals surface area (Å²) in [5, 5.41) is 2.86. The third-order valence-electron chi connectivity index (χ3n) is 6.48. The van der Waals surface area contributed by atoms with Crippen LogP contribution in [0.25, 0.3) is 0 Å². The first-order valence-electron chi connectivity index (χ1n) is 12.5. The molecule has 0 bridgehead atoms. The molecule has 0 spiro atoms. The molecule has 41 heavy (non-hydrogen) atoms. The monoisotopic (exact) mass is 623 g/mol. The summed E-state index contributed by atoms with van der Waals surface area (Å²) in [4.78, 5) is 13.2. The Morgan fingerprint density at radius 3 is 2.02 bits per heavy atom. The number of amides is 1. The molecule has 1 amide bonds. The number of hydrogen-bond acceptors (Lipinski definition) is 8. The van der Waals surface area contributed by atoms with Crippen LogP contribution in [0.5, 0.6) is 17.2 Å². The van der Waals surface area contributed by atoms with Crippen LogP contribution in [0.4, 0.5) is 11.4 Å². The van der Waals surface area contributed by atoms with Crippen LogP contribution in [0.2, 0.25) is 5.02 Å². The van der Waals surface area contributed by atoms with Crippen molar-refractivity contribution in [2.45, 2.75) is 22.6 Å². The highest BCUT2D eigenvalue weighted by molar-refractivity contribution is 7.93. The van der Waals surface area contributed by atoms with Crippen molar-refractivity contribution in [3.05, 3.63) is 65.7 Å². The molecule has 0 atom stereocenters. The molecule has 0 radical (unpaired) electrons. The first-order valence-corrected chi connectivity index (χ1v) is 15.8. The van der Waals surface area contributed by atoms with Crippen LogP contribution in [-0.4, -0.2) is 68.0 Å². The van der Waals surface area contributed by atoms with Crippen molar-refractivity contribution in [1.82, 2.24) is 4.31 Å². The van der Waals surface area contributed by atoms with Crippen LogP contribution in [0.1, 0.15) is 12.8 Å². The minimum atomic E-state index is -4.37. The second kappa shape index (κ2) is 12.6. The average molecular weight is 624 g/mol. The number of rotatable bonds is 11. The van der Waals surface area contributed by atoms with Crippen LogP contribution in [0.15, 0.2) is 70.5 Å². The highest BCUT2D eigenvalue weighted by Crippen LogP contribution is 2.37. The van der Waals surface area contributed by atoms with Crippen molar-refractivity contribution in [2.75, 3.05) is 50.6 Å². The van der Waals surface area contributed by atoms with E-state index in [1.54, 1.807) is 0 Å². The molecule has 220 valence electrons. The molecule has 1 heterocycles. The fraction of sp³-hybridized carbons (Fsp3) is 0.296. The summed E-state index contributed by atoms with van der Waals surface area (Å²) in [6.07, 6.45) is 1.63. The maximum Gasteiger partial charge on any atom is 0.265 e. The molecule has 4 rings (SSSR count). The van der Waals surface area contributed by atoms with Gasteiger partial charge in [-0.1, -0.05) is 11.6 Å². The quantitative estimate of drug-likeness (QED) is 0.339. The Morgan fingerprint density at radius 2 is 1.41 bits per heavy atom. The zero-order chi connectivity index (χ0) is 29.8. The highest BCUT2D eigenvalue weighted by atomic mass is 35.5. The van der Waals surface area contributed by atoms with Crippen molar-refractivity contribution in [2.24, 2.45) is 0 Å². The molecule has 1 aliphatic rings. The Hall–Kier alpha value is -3.52. The predicted molar refractivity (Wildman–Crippen MR) is 155 cm³/mol. The van der Waals surface area contributed by atoms with E-state index in [9.17, 15) is 21.6 Å². The van der Waals surface area contributed by atoms with E-state index in [2.05, 4.69) is 5.32 Å². The molecule has 14 heteroatoms. The van der Waals surface area contributed by atoms with E-state index in [1.807, 2.05) is 0 Å². The number of hydrogen-bond donors (Lipinski definition) is 1. The molecule has 1 aliphatic heterocycles. The summed E-state index contributed by atoms with van der Waals surface area (Å²) < 4.78 is 71.7. The zero-order valence-corrected chi connectivity index (χ0v) is 25.1. The number of halogens is 1. The maximum atomic E-state index is 13.9. The van der Waals surface area contributed by atoms with Gasteiger partial charge in [0.15, 0.2) is 11.5 Å². The molecule has 0 aromatic heterocycles. The zero-order valence-electron chi connectivity index (χ0n) is 22.7. The molecular formula is C27H30ClN3O8S2. The van der Waals surface area contributed by atoms with Crippen LogP contribution >= 0.6 is 11.6 Å². The Balaban J connectivity index is 1.65. The Morgan fingerprint density at radius 1 is 0.829 bits per heavy atom. The minimum Gasteiger partial charge on any atom is -0.495 e. The molecule has 0 saturated carbocycles. The lowest BCUT2D eigenvalue weighted by Gasteiger charge is -2.26. The molecule has 0 unspecified atom stereocenters. The first kappa shape index (κ1) is 30.4. The van der Waals surface area contributed by atoms with Gasteiger partial charge in [0, 0.05) is 29.9 Å². The van der Waals surface area contributed by atoms with Gasteiger partial charge in [0.25, 0.3) is 10.0 Å². The van der Waals surface area contributed by atoms with E-state index in [0.717, 1.165) is 17.1 Å². The van der Waals surface area contributed by atoms with Gasteiger partial charge >= 0.3 is 0 Å². The summed E-state index contributed by atoms with van der Waals surface area (Å²) in [5.74, 6) is -0.0137. The lowest BCUT2D eigenvalue weighted by Crippen LogP contribution is -2.38. The van der Waals surface area contributed by atoms with Crippen molar-refractivity contribution < 1.29 is 35.8 Å². The minimum absolute atomic E-state index is 0.0389. The van der Waals surface area contributed by atoms with Gasteiger partial charge in [0.05, 0.1) is 36.8 Å². The topological polar surface area (TPSA) is 132 Å². The van der Waals surface area contributed by atoms with Gasteiger partial charge in [0.2, 0.25) is 15.9 Å². The van der Waals surface area contributed by atoms with Crippen LogP contribution in [0, 0.1) is 0 Å². The predicted octanol–water partition coefficient (Wildman–Crippen LogP) is 3.98. The lowest BCUT2D eigenvalue weighted by molar-refractivity contribution is -0.114. The third-order valence-corrected chi connectivity index (χ3v) is 10.4. The summed E-state index contributed by atoms with van der Waals surface area (Å²) in [6, 6.07) is 14.2. The fourth-order valence-corrected chi connectivity index (χ4v) is 7.50. The number of carbonyl (C=O) groups is 1. The van der Waals surface area contributed by atoms with Gasteiger partial charge in [-0.3, -0.25) is 9.10 Å². The number of sulfonamides is 2. The van der Waals surface area contributed by atoms with Crippen molar-refractivity contribution >= 4 is 48.9 Å². The van der Waals surface area contributed by atoms with Crippen molar-refractivity contribution in [3.8, 4) is 17.2 Å². The molecule has 11 nitrogen and oxygen atoms in total. The van der Waals surface area contributed by atoms with Gasteiger partial charge in [-0.15, -0.1) is 0 Å². The summed E-state index contributed by atoms with van der Waals surface area (Å²) >= 11 is 6.20. The molecule has 3 aromatic carbocycles. The van der Waals surface area contributed by atoms with Gasteiger partial charge in [-0.25, -0.2) is 16.8 Å². The maximum absolute atomic E-state index is 13.9. The molecule has 0 aliphatic carbocycles. The Kier molecular flexibility index (Phi) is 9.32. The van der Waals surface area contributed by atoms with E-state index in [1.165, 1.54) is 86.3 Å². The largest absolute Gasteiger partial charge is 0.495 e. The average Bonchev–Trinajstić information content (AvgIpc) is 3.52. The number of ether oxygens (including phenoxy) is 3.